The Hall–Kier alpha value is -3.12. The average Bonchev–Trinajstić information content (AvgIpc) is 3.15. The largest absolute Gasteiger partial charge is 0.497 e. The zero-order valence-electron chi connectivity index (χ0n) is 17.2. The fraction of sp³-hybridized carbons (Fsp3) is 0.250. The lowest BCUT2D eigenvalue weighted by Crippen LogP contribution is -2.20. The van der Waals surface area contributed by atoms with Crippen LogP contribution in [0.25, 0.3) is 10.4 Å². The Morgan fingerprint density at radius 2 is 1.73 bits per heavy atom. The molecule has 3 aromatic rings. The van der Waals surface area contributed by atoms with Crippen LogP contribution in [0.1, 0.15) is 31.9 Å². The second-order valence-corrected chi connectivity index (χ2v) is 8.54. The van der Waals surface area contributed by atoms with Gasteiger partial charge in [0.1, 0.15) is 10.6 Å². The number of fused-ring (bicyclic) bond motifs is 3. The van der Waals surface area contributed by atoms with Crippen LogP contribution in [-0.4, -0.2) is 25.6 Å². The van der Waals surface area contributed by atoms with Crippen molar-refractivity contribution in [3.05, 3.63) is 69.6 Å². The molecule has 4 rings (SSSR count). The molecular formula is C24H23NO4S. The predicted molar refractivity (Wildman–Crippen MR) is 119 cm³/mol. The van der Waals surface area contributed by atoms with E-state index in [9.17, 15) is 9.59 Å². The monoisotopic (exact) mass is 421 g/mol. The number of thiophene rings is 1. The molecule has 0 saturated carbocycles. The number of hydrogen-bond donors (Lipinski definition) is 1. The van der Waals surface area contributed by atoms with Crippen LogP contribution in [0.15, 0.2) is 42.5 Å². The highest BCUT2D eigenvalue weighted by molar-refractivity contribution is 7.17. The molecule has 5 nitrogen and oxygen atoms in total. The summed E-state index contributed by atoms with van der Waals surface area (Å²) in [6.07, 6.45) is 1.77. The third-order valence-electron chi connectivity index (χ3n) is 5.07. The van der Waals surface area contributed by atoms with Gasteiger partial charge in [0.05, 0.1) is 7.11 Å². The standard InChI is InChI=1S/C24H23NO4S/c1-14-8-15(2)10-18(9-14)25-22(26)13-29-24(27)21-12-17-5-4-16-11-19(28-3)6-7-20(16)23(17)30-21/h6-12H,4-5,13H2,1-3H3,(H,25,26). The van der Waals surface area contributed by atoms with Crippen molar-refractivity contribution in [3.8, 4) is 16.2 Å². The van der Waals surface area contributed by atoms with Crippen LogP contribution in [-0.2, 0) is 22.4 Å². The van der Waals surface area contributed by atoms with Gasteiger partial charge in [0, 0.05) is 10.6 Å². The van der Waals surface area contributed by atoms with Crippen LogP contribution in [0.2, 0.25) is 0 Å². The maximum absolute atomic E-state index is 12.5. The first-order valence-corrected chi connectivity index (χ1v) is 10.6. The van der Waals surface area contributed by atoms with E-state index in [1.165, 1.54) is 16.9 Å². The average molecular weight is 422 g/mol. The number of methoxy groups -OCH3 is 1. The van der Waals surface area contributed by atoms with E-state index in [1.54, 1.807) is 7.11 Å². The fourth-order valence-corrected chi connectivity index (χ4v) is 4.95. The number of rotatable bonds is 5. The number of hydrogen-bond acceptors (Lipinski definition) is 5. The van der Waals surface area contributed by atoms with Crippen molar-refractivity contribution in [1.82, 2.24) is 0 Å². The Morgan fingerprint density at radius 1 is 1.00 bits per heavy atom. The second-order valence-electron chi connectivity index (χ2n) is 7.49. The molecule has 2 aromatic carbocycles. The van der Waals surface area contributed by atoms with Crippen LogP contribution >= 0.6 is 11.3 Å². The molecule has 6 heteroatoms. The molecule has 0 radical (unpaired) electrons. The van der Waals surface area contributed by atoms with Gasteiger partial charge in [-0.25, -0.2) is 4.79 Å². The molecular weight excluding hydrogens is 398 g/mol. The minimum absolute atomic E-state index is 0.317. The highest BCUT2D eigenvalue weighted by Gasteiger charge is 2.23. The van der Waals surface area contributed by atoms with E-state index in [0.717, 1.165) is 45.7 Å². The number of carbonyl (C=O) groups is 2. The van der Waals surface area contributed by atoms with E-state index in [0.29, 0.717) is 10.6 Å². The van der Waals surface area contributed by atoms with Gasteiger partial charge in [0.2, 0.25) is 0 Å². The minimum Gasteiger partial charge on any atom is -0.497 e. The lowest BCUT2D eigenvalue weighted by Gasteiger charge is -2.16. The van der Waals surface area contributed by atoms with Gasteiger partial charge in [0.15, 0.2) is 6.61 Å². The Labute approximate surface area is 179 Å². The zero-order valence-corrected chi connectivity index (χ0v) is 18.0. The Bertz CT molecular complexity index is 1110. The first-order valence-electron chi connectivity index (χ1n) is 9.78. The molecule has 0 bridgehead atoms. The van der Waals surface area contributed by atoms with Gasteiger partial charge in [-0.3, -0.25) is 4.79 Å². The summed E-state index contributed by atoms with van der Waals surface area (Å²) >= 11 is 1.41. The number of aryl methyl sites for hydroxylation is 4. The summed E-state index contributed by atoms with van der Waals surface area (Å²) in [6.45, 7) is 3.62. The molecule has 0 atom stereocenters. The minimum atomic E-state index is -0.472. The molecule has 30 heavy (non-hydrogen) atoms. The van der Waals surface area contributed by atoms with Crippen molar-refractivity contribution < 1.29 is 19.1 Å². The number of amides is 1. The van der Waals surface area contributed by atoms with Gasteiger partial charge in [-0.05, 0) is 90.9 Å². The van der Waals surface area contributed by atoms with Crippen molar-refractivity contribution in [3.63, 3.8) is 0 Å². The third kappa shape index (κ3) is 4.24. The van der Waals surface area contributed by atoms with Crippen molar-refractivity contribution >= 4 is 28.9 Å². The summed E-state index contributed by atoms with van der Waals surface area (Å²) in [5, 5.41) is 2.78. The van der Waals surface area contributed by atoms with Crippen LogP contribution < -0.4 is 10.1 Å². The Kier molecular flexibility index (Phi) is 5.59. The van der Waals surface area contributed by atoms with Gasteiger partial charge >= 0.3 is 5.97 Å². The summed E-state index contributed by atoms with van der Waals surface area (Å²) in [5.74, 6) is 0.00958. The molecule has 0 fully saturated rings. The molecule has 0 saturated heterocycles. The molecule has 1 aliphatic rings. The van der Waals surface area contributed by atoms with E-state index >= 15 is 0 Å². The van der Waals surface area contributed by atoms with Gasteiger partial charge in [-0.1, -0.05) is 6.07 Å². The van der Waals surface area contributed by atoms with E-state index in [4.69, 9.17) is 9.47 Å². The third-order valence-corrected chi connectivity index (χ3v) is 6.26. The highest BCUT2D eigenvalue weighted by Crippen LogP contribution is 2.41. The van der Waals surface area contributed by atoms with Crippen molar-refractivity contribution in [2.75, 3.05) is 19.0 Å². The second kappa shape index (κ2) is 8.32. The van der Waals surface area contributed by atoms with E-state index in [-0.39, 0.29) is 12.5 Å². The van der Waals surface area contributed by atoms with Crippen LogP contribution in [0.3, 0.4) is 0 Å². The molecule has 0 unspecified atom stereocenters. The lowest BCUT2D eigenvalue weighted by molar-refractivity contribution is -0.119. The van der Waals surface area contributed by atoms with Crippen molar-refractivity contribution in [2.24, 2.45) is 0 Å². The molecule has 1 aromatic heterocycles. The Balaban J connectivity index is 1.42. The summed E-state index contributed by atoms with van der Waals surface area (Å²) in [5.41, 5.74) is 6.32. The zero-order chi connectivity index (χ0) is 21.3. The van der Waals surface area contributed by atoms with Gasteiger partial charge in [0.25, 0.3) is 5.91 Å². The summed E-state index contributed by atoms with van der Waals surface area (Å²) in [6, 6.07) is 13.7. The van der Waals surface area contributed by atoms with Crippen molar-refractivity contribution in [1.29, 1.82) is 0 Å². The molecule has 0 aliphatic heterocycles. The number of benzene rings is 2. The number of nitrogens with one attached hydrogen (secondary N) is 1. The maximum atomic E-state index is 12.5. The highest BCUT2D eigenvalue weighted by atomic mass is 32.1. The normalized spacial score (nSPS) is 12.0. The van der Waals surface area contributed by atoms with Crippen LogP contribution in [0.4, 0.5) is 5.69 Å². The topological polar surface area (TPSA) is 64.6 Å². The van der Waals surface area contributed by atoms with Gasteiger partial charge < -0.3 is 14.8 Å². The molecule has 1 aliphatic carbocycles. The number of anilines is 1. The lowest BCUT2D eigenvalue weighted by atomic mass is 9.91. The first-order chi connectivity index (χ1) is 14.4. The van der Waals surface area contributed by atoms with Crippen molar-refractivity contribution in [2.45, 2.75) is 26.7 Å². The number of ether oxygens (including phenoxy) is 2. The van der Waals surface area contributed by atoms with Crippen LogP contribution in [0.5, 0.6) is 5.75 Å². The first kappa shape index (κ1) is 20.2. The quantitative estimate of drug-likeness (QED) is 0.593. The summed E-state index contributed by atoms with van der Waals surface area (Å²) in [4.78, 5) is 26.3. The molecule has 0 spiro atoms. The Morgan fingerprint density at radius 3 is 2.47 bits per heavy atom. The SMILES string of the molecule is COc1ccc2c(c1)CCc1cc(C(=O)OCC(=O)Nc3cc(C)cc(C)c3)sc1-2. The van der Waals surface area contributed by atoms with Gasteiger partial charge in [-0.2, -0.15) is 0 Å². The number of carbonyl (C=O) groups excluding carboxylic acids is 2. The van der Waals surface area contributed by atoms with E-state index in [1.807, 2.05) is 56.3 Å². The fourth-order valence-electron chi connectivity index (χ4n) is 3.78. The van der Waals surface area contributed by atoms with E-state index in [2.05, 4.69) is 5.32 Å². The molecule has 1 amide bonds. The summed E-state index contributed by atoms with van der Waals surface area (Å²) < 4.78 is 10.6. The van der Waals surface area contributed by atoms with Crippen LogP contribution in [0, 0.1) is 13.8 Å². The number of esters is 1. The smallest absolute Gasteiger partial charge is 0.348 e. The molecule has 154 valence electrons. The van der Waals surface area contributed by atoms with Gasteiger partial charge in [-0.15, -0.1) is 11.3 Å². The predicted octanol–water partition coefficient (Wildman–Crippen LogP) is 4.93. The maximum Gasteiger partial charge on any atom is 0.348 e. The molecule has 1 N–H and O–H groups in total. The molecule has 1 heterocycles. The summed E-state index contributed by atoms with van der Waals surface area (Å²) in [7, 11) is 1.66. The van der Waals surface area contributed by atoms with E-state index < -0.39 is 5.97 Å².